The van der Waals surface area contributed by atoms with E-state index in [9.17, 15) is 19.6 Å². The summed E-state index contributed by atoms with van der Waals surface area (Å²) in [5.74, 6) is -1.49. The van der Waals surface area contributed by atoms with Gasteiger partial charge in [0.2, 0.25) is 5.60 Å². The molecule has 200 valence electrons. The maximum atomic E-state index is 13.5. The van der Waals surface area contributed by atoms with Crippen LogP contribution in [0.3, 0.4) is 0 Å². The molecule has 2 amide bonds. The van der Waals surface area contributed by atoms with Gasteiger partial charge in [-0.15, -0.1) is 0 Å². The summed E-state index contributed by atoms with van der Waals surface area (Å²) >= 11 is 0. The van der Waals surface area contributed by atoms with E-state index in [1.54, 1.807) is 10.7 Å². The Morgan fingerprint density at radius 3 is 2.54 bits per heavy atom. The van der Waals surface area contributed by atoms with Crippen LogP contribution in [0.2, 0.25) is 0 Å². The van der Waals surface area contributed by atoms with Crippen molar-refractivity contribution in [3.63, 3.8) is 0 Å². The first-order valence-corrected chi connectivity index (χ1v) is 12.7. The summed E-state index contributed by atoms with van der Waals surface area (Å²) in [5, 5.41) is 33.9. The SMILES string of the molecule is Cc1cccc(CC2(C(=O)N[C@@H](CC(C)C)B(O)O)CC(CNC(=O)c3cc(C)nn3C(C)C)=NO2)c1. The molecule has 0 radical (unpaired) electrons. The van der Waals surface area contributed by atoms with Crippen molar-refractivity contribution < 1.29 is 24.5 Å². The van der Waals surface area contributed by atoms with Crippen LogP contribution in [-0.2, 0) is 16.1 Å². The molecule has 3 rings (SSSR count). The summed E-state index contributed by atoms with van der Waals surface area (Å²) in [4.78, 5) is 32.2. The second-order valence-corrected chi connectivity index (χ2v) is 10.6. The number of hydrogen-bond donors (Lipinski definition) is 4. The maximum Gasteiger partial charge on any atom is 0.475 e. The van der Waals surface area contributed by atoms with Crippen LogP contribution in [0.4, 0.5) is 0 Å². The summed E-state index contributed by atoms with van der Waals surface area (Å²) in [6.45, 7) is 11.7. The van der Waals surface area contributed by atoms with E-state index >= 15 is 0 Å². The van der Waals surface area contributed by atoms with Gasteiger partial charge in [0, 0.05) is 18.9 Å². The molecule has 1 unspecified atom stereocenters. The Bertz CT molecular complexity index is 1150. The van der Waals surface area contributed by atoms with Crippen molar-refractivity contribution in [2.75, 3.05) is 6.54 Å². The van der Waals surface area contributed by atoms with Gasteiger partial charge in [-0.25, -0.2) is 0 Å². The molecule has 1 aliphatic rings. The fourth-order valence-electron chi connectivity index (χ4n) is 4.51. The number of carbonyl (C=O) groups excluding carboxylic acids is 2. The summed E-state index contributed by atoms with van der Waals surface area (Å²) in [5.41, 5.74) is 2.25. The zero-order valence-electron chi connectivity index (χ0n) is 22.5. The highest BCUT2D eigenvalue weighted by molar-refractivity contribution is 6.43. The average Bonchev–Trinajstić information content (AvgIpc) is 3.41. The molecule has 0 saturated carbocycles. The van der Waals surface area contributed by atoms with Crippen LogP contribution in [0.15, 0.2) is 35.5 Å². The van der Waals surface area contributed by atoms with E-state index in [0.29, 0.717) is 17.8 Å². The van der Waals surface area contributed by atoms with Gasteiger partial charge in [0.1, 0.15) is 5.69 Å². The molecule has 2 heterocycles. The van der Waals surface area contributed by atoms with Crippen molar-refractivity contribution >= 4 is 24.6 Å². The minimum Gasteiger partial charge on any atom is -0.426 e. The highest BCUT2D eigenvalue weighted by atomic mass is 16.7. The van der Waals surface area contributed by atoms with Crippen molar-refractivity contribution in [2.24, 2.45) is 11.1 Å². The molecule has 1 aromatic heterocycles. The van der Waals surface area contributed by atoms with Crippen LogP contribution < -0.4 is 10.6 Å². The number of oxime groups is 1. The quantitative estimate of drug-likeness (QED) is 0.341. The molecular formula is C26H38BN5O5. The van der Waals surface area contributed by atoms with Gasteiger partial charge in [0.05, 0.1) is 23.9 Å². The summed E-state index contributed by atoms with van der Waals surface area (Å²) in [6, 6.07) is 9.51. The number of nitrogens with zero attached hydrogens (tertiary/aromatic N) is 3. The van der Waals surface area contributed by atoms with Gasteiger partial charge in [-0.1, -0.05) is 48.8 Å². The number of rotatable bonds is 11. The van der Waals surface area contributed by atoms with Crippen LogP contribution >= 0.6 is 0 Å². The Balaban J connectivity index is 1.77. The maximum absolute atomic E-state index is 13.5. The first-order chi connectivity index (χ1) is 17.4. The van der Waals surface area contributed by atoms with E-state index < -0.39 is 24.6 Å². The Labute approximate surface area is 218 Å². The number of amides is 2. The van der Waals surface area contributed by atoms with Gasteiger partial charge in [-0.2, -0.15) is 5.10 Å². The Morgan fingerprint density at radius 2 is 1.92 bits per heavy atom. The topological polar surface area (TPSA) is 138 Å². The van der Waals surface area contributed by atoms with Crippen LogP contribution in [-0.4, -0.2) is 62.6 Å². The molecule has 1 aliphatic heterocycles. The lowest BCUT2D eigenvalue weighted by atomic mass is 9.74. The number of carbonyl (C=O) groups is 2. The summed E-state index contributed by atoms with van der Waals surface area (Å²) in [7, 11) is -1.71. The predicted molar refractivity (Wildman–Crippen MR) is 142 cm³/mol. The number of nitrogens with one attached hydrogen (secondary N) is 2. The zero-order chi connectivity index (χ0) is 27.3. The smallest absolute Gasteiger partial charge is 0.426 e. The average molecular weight is 511 g/mol. The molecule has 1 aromatic carbocycles. The van der Waals surface area contributed by atoms with Crippen LogP contribution in [0.1, 0.15) is 73.9 Å². The van der Waals surface area contributed by atoms with E-state index in [-0.39, 0.29) is 37.3 Å². The number of benzene rings is 1. The number of aryl methyl sites for hydroxylation is 2. The predicted octanol–water partition coefficient (Wildman–Crippen LogP) is 2.11. The van der Waals surface area contributed by atoms with Gasteiger partial charge in [0.15, 0.2) is 0 Å². The van der Waals surface area contributed by atoms with Gasteiger partial charge in [-0.05, 0) is 51.7 Å². The lowest BCUT2D eigenvalue weighted by molar-refractivity contribution is -0.144. The molecular weight excluding hydrogens is 473 g/mol. The lowest BCUT2D eigenvalue weighted by Gasteiger charge is -2.29. The third-order valence-corrected chi connectivity index (χ3v) is 6.26. The van der Waals surface area contributed by atoms with Gasteiger partial charge in [0.25, 0.3) is 11.8 Å². The van der Waals surface area contributed by atoms with Crippen molar-refractivity contribution in [1.82, 2.24) is 20.4 Å². The minimum absolute atomic E-state index is 0.0212. The second kappa shape index (κ2) is 11.9. The van der Waals surface area contributed by atoms with Crippen molar-refractivity contribution in [3.8, 4) is 0 Å². The van der Waals surface area contributed by atoms with Gasteiger partial charge >= 0.3 is 7.12 Å². The Kier molecular flexibility index (Phi) is 9.14. The molecule has 2 atom stereocenters. The third kappa shape index (κ3) is 7.20. The monoisotopic (exact) mass is 511 g/mol. The molecule has 4 N–H and O–H groups in total. The lowest BCUT2D eigenvalue weighted by Crippen LogP contribution is -2.56. The van der Waals surface area contributed by atoms with Crippen molar-refractivity contribution in [1.29, 1.82) is 0 Å². The first kappa shape index (κ1) is 28.4. The molecule has 0 fully saturated rings. The van der Waals surface area contributed by atoms with Gasteiger partial charge in [-0.3, -0.25) is 14.3 Å². The summed E-state index contributed by atoms with van der Waals surface area (Å²) in [6.07, 6.45) is 0.763. The summed E-state index contributed by atoms with van der Waals surface area (Å²) < 4.78 is 1.67. The molecule has 11 heteroatoms. The molecule has 0 spiro atoms. The van der Waals surface area contributed by atoms with E-state index in [2.05, 4.69) is 20.9 Å². The van der Waals surface area contributed by atoms with E-state index in [4.69, 9.17) is 4.84 Å². The van der Waals surface area contributed by atoms with E-state index in [1.807, 2.05) is 65.8 Å². The second-order valence-electron chi connectivity index (χ2n) is 10.6. The van der Waals surface area contributed by atoms with Crippen molar-refractivity contribution in [3.05, 3.63) is 52.8 Å². The van der Waals surface area contributed by atoms with Crippen LogP contribution in [0, 0.1) is 19.8 Å². The minimum atomic E-state index is -1.71. The standard InChI is InChI=1S/C26H38BN5O5/c1-16(2)10-23(27(35)36)29-25(34)26(13-20-9-7-8-18(5)11-20)14-21(31-37-26)15-28-24(33)22-12-19(6)30-32(22)17(3)4/h7-9,11-12,16-17,23,35-36H,10,13-15H2,1-6H3,(H,28,33)(H,29,34)/t23-,26?/m0/s1. The van der Waals surface area contributed by atoms with Crippen LogP contribution in [0.5, 0.6) is 0 Å². The fourth-order valence-corrected chi connectivity index (χ4v) is 4.51. The van der Waals surface area contributed by atoms with Gasteiger partial charge < -0.3 is 25.5 Å². The molecule has 2 aromatic rings. The largest absolute Gasteiger partial charge is 0.475 e. The molecule has 10 nitrogen and oxygen atoms in total. The van der Waals surface area contributed by atoms with Crippen molar-refractivity contribution in [2.45, 2.75) is 78.4 Å². The highest BCUT2D eigenvalue weighted by Crippen LogP contribution is 2.30. The van der Waals surface area contributed by atoms with E-state index in [0.717, 1.165) is 16.8 Å². The van der Waals surface area contributed by atoms with E-state index in [1.165, 1.54) is 0 Å². The molecule has 0 saturated heterocycles. The molecule has 0 bridgehead atoms. The third-order valence-electron chi connectivity index (χ3n) is 6.26. The normalized spacial score (nSPS) is 17.9. The zero-order valence-corrected chi connectivity index (χ0v) is 22.5. The highest BCUT2D eigenvalue weighted by Gasteiger charge is 2.48. The van der Waals surface area contributed by atoms with Crippen LogP contribution in [0.25, 0.3) is 0 Å². The Hall–Kier alpha value is -3.18. The Morgan fingerprint density at radius 1 is 1.19 bits per heavy atom. The number of hydrogen-bond acceptors (Lipinski definition) is 7. The fraction of sp³-hybridized carbons (Fsp3) is 0.538. The first-order valence-electron chi connectivity index (χ1n) is 12.7. The molecule has 37 heavy (non-hydrogen) atoms. The number of aromatic nitrogens is 2. The molecule has 0 aliphatic carbocycles.